The first kappa shape index (κ1) is 27.1. The molecular formula is C25H32F3N3O3S. The largest absolute Gasteiger partial charge is 0.433 e. The molecule has 1 fully saturated rings. The molecule has 1 saturated heterocycles. The number of hydrogen-bond donors (Lipinski definition) is 1. The molecule has 0 spiro atoms. The Morgan fingerprint density at radius 3 is 2.51 bits per heavy atom. The van der Waals surface area contributed by atoms with Crippen LogP contribution in [0.2, 0.25) is 0 Å². The molecule has 0 radical (unpaired) electrons. The van der Waals surface area contributed by atoms with E-state index in [2.05, 4.69) is 16.6 Å². The number of halogens is 3. The SMILES string of the molecule is CC1CCN(c2nc(C(F)(F)F)ccc2CCC(=O)C(C)c2cccc(CNS(C)(=O)=O)c2)CC1. The minimum absolute atomic E-state index is 0.0451. The fraction of sp³-hybridized carbons (Fsp3) is 0.520. The van der Waals surface area contributed by atoms with Gasteiger partial charge in [-0.3, -0.25) is 4.79 Å². The van der Waals surface area contributed by atoms with E-state index in [1.54, 1.807) is 25.1 Å². The fourth-order valence-corrected chi connectivity index (χ4v) is 4.60. The predicted octanol–water partition coefficient (Wildman–Crippen LogP) is 4.69. The summed E-state index contributed by atoms with van der Waals surface area (Å²) in [5.74, 6) is 0.360. The third-order valence-electron chi connectivity index (χ3n) is 6.44. The van der Waals surface area contributed by atoms with E-state index >= 15 is 0 Å². The number of hydrogen-bond acceptors (Lipinski definition) is 5. The maximum Gasteiger partial charge on any atom is 0.433 e. The van der Waals surface area contributed by atoms with Crippen LogP contribution in [0.1, 0.15) is 61.4 Å². The quantitative estimate of drug-likeness (QED) is 0.528. The van der Waals surface area contributed by atoms with E-state index in [9.17, 15) is 26.4 Å². The first-order chi connectivity index (χ1) is 16.3. The Morgan fingerprint density at radius 2 is 1.89 bits per heavy atom. The number of carbonyl (C=O) groups is 1. The van der Waals surface area contributed by atoms with Gasteiger partial charge in [0.05, 0.1) is 6.26 Å². The third kappa shape index (κ3) is 7.76. The molecule has 10 heteroatoms. The molecule has 2 aromatic rings. The number of alkyl halides is 3. The zero-order valence-corrected chi connectivity index (χ0v) is 21.0. The molecule has 192 valence electrons. The Bertz CT molecular complexity index is 1140. The lowest BCUT2D eigenvalue weighted by Crippen LogP contribution is -2.34. The van der Waals surface area contributed by atoms with Crippen molar-refractivity contribution in [2.45, 2.75) is 58.2 Å². The van der Waals surface area contributed by atoms with Gasteiger partial charge in [0, 0.05) is 32.0 Å². The Kier molecular flexibility index (Phi) is 8.58. The van der Waals surface area contributed by atoms with Gasteiger partial charge in [0.1, 0.15) is 17.3 Å². The van der Waals surface area contributed by atoms with Gasteiger partial charge >= 0.3 is 6.18 Å². The van der Waals surface area contributed by atoms with Crippen molar-refractivity contribution >= 4 is 21.6 Å². The van der Waals surface area contributed by atoms with E-state index in [4.69, 9.17) is 0 Å². The minimum atomic E-state index is -4.53. The van der Waals surface area contributed by atoms with Crippen LogP contribution in [0.25, 0.3) is 0 Å². The minimum Gasteiger partial charge on any atom is -0.356 e. The molecule has 0 aliphatic carbocycles. The van der Waals surface area contributed by atoms with Crippen molar-refractivity contribution < 1.29 is 26.4 Å². The maximum absolute atomic E-state index is 13.3. The summed E-state index contributed by atoms with van der Waals surface area (Å²) in [5.41, 5.74) is 1.22. The third-order valence-corrected chi connectivity index (χ3v) is 7.11. The second-order valence-electron chi connectivity index (χ2n) is 9.37. The number of carbonyl (C=O) groups excluding carboxylic acids is 1. The van der Waals surface area contributed by atoms with Gasteiger partial charge in [0.15, 0.2) is 0 Å². The summed E-state index contributed by atoms with van der Waals surface area (Å²) in [6.07, 6.45) is -1.21. The lowest BCUT2D eigenvalue weighted by molar-refractivity contribution is -0.141. The maximum atomic E-state index is 13.3. The molecule has 1 aromatic heterocycles. The Morgan fingerprint density at radius 1 is 1.20 bits per heavy atom. The molecule has 0 bridgehead atoms. The first-order valence-electron chi connectivity index (χ1n) is 11.7. The number of nitrogens with zero attached hydrogens (tertiary/aromatic N) is 2. The van der Waals surface area contributed by atoms with Crippen LogP contribution >= 0.6 is 0 Å². The fourth-order valence-electron chi connectivity index (χ4n) is 4.17. The van der Waals surface area contributed by atoms with Crippen LogP contribution in [0.5, 0.6) is 0 Å². The van der Waals surface area contributed by atoms with Crippen LogP contribution in [0.4, 0.5) is 19.0 Å². The highest BCUT2D eigenvalue weighted by atomic mass is 32.2. The molecule has 1 unspecified atom stereocenters. The monoisotopic (exact) mass is 511 g/mol. The average molecular weight is 512 g/mol. The summed E-state index contributed by atoms with van der Waals surface area (Å²) < 4.78 is 65.1. The van der Waals surface area contributed by atoms with E-state index < -0.39 is 27.8 Å². The van der Waals surface area contributed by atoms with E-state index in [1.165, 1.54) is 6.07 Å². The number of aromatic nitrogens is 1. The van der Waals surface area contributed by atoms with Crippen molar-refractivity contribution in [3.8, 4) is 0 Å². The van der Waals surface area contributed by atoms with Crippen molar-refractivity contribution in [3.05, 3.63) is 58.8 Å². The Hall–Kier alpha value is -2.46. The Labute approximate surface area is 205 Å². The normalized spacial score (nSPS) is 16.3. The van der Waals surface area contributed by atoms with Gasteiger partial charge in [0.25, 0.3) is 0 Å². The van der Waals surface area contributed by atoms with Crippen LogP contribution in [0, 0.1) is 5.92 Å². The molecule has 3 rings (SSSR count). The van der Waals surface area contributed by atoms with Crippen LogP contribution in [0.3, 0.4) is 0 Å². The van der Waals surface area contributed by atoms with E-state index in [0.717, 1.165) is 36.3 Å². The highest BCUT2D eigenvalue weighted by Gasteiger charge is 2.34. The zero-order chi connectivity index (χ0) is 25.8. The molecule has 0 amide bonds. The van der Waals surface area contributed by atoms with Gasteiger partial charge < -0.3 is 4.90 Å². The number of anilines is 1. The van der Waals surface area contributed by atoms with Gasteiger partial charge in [-0.05, 0) is 47.9 Å². The number of Topliss-reactive ketones (excluding diaryl/α,β-unsaturated/α-hetero) is 1. The molecular weight excluding hydrogens is 479 g/mol. The molecule has 2 heterocycles. The molecule has 1 aliphatic rings. The average Bonchev–Trinajstić information content (AvgIpc) is 2.80. The molecule has 1 atom stereocenters. The van der Waals surface area contributed by atoms with Crippen LogP contribution in [-0.2, 0) is 34.0 Å². The molecule has 1 aliphatic heterocycles. The second kappa shape index (κ2) is 11.1. The number of sulfonamides is 1. The Balaban J connectivity index is 1.73. The number of rotatable bonds is 9. The van der Waals surface area contributed by atoms with E-state index in [0.29, 0.717) is 36.8 Å². The zero-order valence-electron chi connectivity index (χ0n) is 20.2. The number of aryl methyl sites for hydroxylation is 1. The van der Waals surface area contributed by atoms with Gasteiger partial charge in [-0.1, -0.05) is 44.2 Å². The predicted molar refractivity (Wildman–Crippen MR) is 130 cm³/mol. The molecule has 1 N–H and O–H groups in total. The highest BCUT2D eigenvalue weighted by molar-refractivity contribution is 7.88. The summed E-state index contributed by atoms with van der Waals surface area (Å²) in [7, 11) is -3.34. The number of nitrogens with one attached hydrogen (secondary N) is 1. The number of ketones is 1. The topological polar surface area (TPSA) is 79.4 Å². The lowest BCUT2D eigenvalue weighted by atomic mass is 9.91. The van der Waals surface area contributed by atoms with Crippen molar-refractivity contribution in [2.75, 3.05) is 24.2 Å². The number of pyridine rings is 1. The smallest absolute Gasteiger partial charge is 0.356 e. The summed E-state index contributed by atoms with van der Waals surface area (Å²) >= 11 is 0. The molecule has 0 saturated carbocycles. The van der Waals surface area contributed by atoms with Crippen LogP contribution in [0.15, 0.2) is 36.4 Å². The van der Waals surface area contributed by atoms with Crippen molar-refractivity contribution in [3.63, 3.8) is 0 Å². The van der Waals surface area contributed by atoms with Crippen molar-refractivity contribution in [1.82, 2.24) is 9.71 Å². The van der Waals surface area contributed by atoms with Crippen LogP contribution < -0.4 is 9.62 Å². The lowest BCUT2D eigenvalue weighted by Gasteiger charge is -2.33. The standard InChI is InChI=1S/C25H32F3N3O3S/c1-17-11-13-31(14-12-17)24-20(8-10-23(30-24)25(26,27)28)7-9-22(32)18(2)21-6-4-5-19(15-21)16-29-35(3,33)34/h4-6,8,10,15,17-18,29H,7,9,11-14,16H2,1-3H3. The number of piperidine rings is 1. The molecule has 1 aromatic carbocycles. The highest BCUT2D eigenvalue weighted by Crippen LogP contribution is 2.33. The van der Waals surface area contributed by atoms with Crippen molar-refractivity contribution in [1.29, 1.82) is 0 Å². The van der Waals surface area contributed by atoms with Gasteiger partial charge in [-0.25, -0.2) is 18.1 Å². The first-order valence-corrected chi connectivity index (χ1v) is 13.6. The molecule has 6 nitrogen and oxygen atoms in total. The van der Waals surface area contributed by atoms with Gasteiger partial charge in [0.2, 0.25) is 10.0 Å². The summed E-state index contributed by atoms with van der Waals surface area (Å²) in [6.45, 7) is 5.32. The van der Waals surface area contributed by atoms with Crippen molar-refractivity contribution in [2.24, 2.45) is 5.92 Å². The summed E-state index contributed by atoms with van der Waals surface area (Å²) in [6, 6.07) is 9.58. The molecule has 35 heavy (non-hydrogen) atoms. The second-order valence-corrected chi connectivity index (χ2v) is 11.2. The van der Waals surface area contributed by atoms with E-state index in [-0.39, 0.29) is 18.7 Å². The van der Waals surface area contributed by atoms with Crippen LogP contribution in [-0.4, -0.2) is 38.5 Å². The van der Waals surface area contributed by atoms with Gasteiger partial charge in [-0.15, -0.1) is 0 Å². The number of benzene rings is 1. The van der Waals surface area contributed by atoms with E-state index in [1.807, 2.05) is 11.0 Å². The summed E-state index contributed by atoms with van der Waals surface area (Å²) in [4.78, 5) is 18.8. The summed E-state index contributed by atoms with van der Waals surface area (Å²) in [5, 5.41) is 0. The van der Waals surface area contributed by atoms with Gasteiger partial charge in [-0.2, -0.15) is 13.2 Å².